The molecule has 0 unspecified atom stereocenters. The van der Waals surface area contributed by atoms with Crippen LogP contribution in [0.15, 0.2) is 78.9 Å². The van der Waals surface area contributed by atoms with Gasteiger partial charge in [-0.25, -0.2) is 4.79 Å². The van der Waals surface area contributed by atoms with E-state index in [1.54, 1.807) is 7.11 Å². The number of halogens is 1. The van der Waals surface area contributed by atoms with Crippen molar-refractivity contribution in [2.24, 2.45) is 0 Å². The van der Waals surface area contributed by atoms with Crippen molar-refractivity contribution in [2.75, 3.05) is 39.8 Å². The van der Waals surface area contributed by atoms with Gasteiger partial charge in [-0.15, -0.1) is 0 Å². The van der Waals surface area contributed by atoms with Gasteiger partial charge in [0.15, 0.2) is 0 Å². The van der Waals surface area contributed by atoms with E-state index < -0.39 is 0 Å². The number of rotatable bonds is 7. The zero-order valence-electron chi connectivity index (χ0n) is 18.9. The molecular weight excluding hydrogens is 434 g/mol. The van der Waals surface area contributed by atoms with Crippen molar-refractivity contribution in [3.63, 3.8) is 0 Å². The van der Waals surface area contributed by atoms with Crippen LogP contribution in [0.5, 0.6) is 5.75 Å². The minimum Gasteiger partial charge on any atom is -0.497 e. The van der Waals surface area contributed by atoms with Crippen LogP contribution in [0.1, 0.15) is 22.7 Å². The van der Waals surface area contributed by atoms with Gasteiger partial charge in [0, 0.05) is 37.7 Å². The SMILES string of the molecule is COc1ccc(CCNC(=O)N2CCN([C@H](c3ccccc3)c3ccc(Cl)cc3)CC2)cc1. The Hall–Kier alpha value is -3.02. The van der Waals surface area contributed by atoms with E-state index in [9.17, 15) is 4.79 Å². The van der Waals surface area contributed by atoms with Crippen LogP contribution in [-0.2, 0) is 6.42 Å². The molecule has 0 aliphatic carbocycles. The van der Waals surface area contributed by atoms with E-state index in [-0.39, 0.29) is 12.1 Å². The Morgan fingerprint density at radius 1 is 0.909 bits per heavy atom. The topological polar surface area (TPSA) is 44.8 Å². The number of hydrogen-bond donors (Lipinski definition) is 1. The largest absolute Gasteiger partial charge is 0.497 e. The summed E-state index contributed by atoms with van der Waals surface area (Å²) in [7, 11) is 1.66. The molecule has 172 valence electrons. The highest BCUT2D eigenvalue weighted by Crippen LogP contribution is 2.30. The average molecular weight is 464 g/mol. The van der Waals surface area contributed by atoms with Gasteiger partial charge in [0.2, 0.25) is 0 Å². The quantitative estimate of drug-likeness (QED) is 0.535. The van der Waals surface area contributed by atoms with Gasteiger partial charge in [-0.2, -0.15) is 0 Å². The van der Waals surface area contributed by atoms with Gasteiger partial charge in [0.1, 0.15) is 5.75 Å². The van der Waals surface area contributed by atoms with E-state index >= 15 is 0 Å². The number of nitrogens with one attached hydrogen (secondary N) is 1. The van der Waals surface area contributed by atoms with Crippen molar-refractivity contribution in [3.05, 3.63) is 101 Å². The number of hydrogen-bond acceptors (Lipinski definition) is 3. The molecule has 6 heteroatoms. The Morgan fingerprint density at radius 3 is 2.18 bits per heavy atom. The van der Waals surface area contributed by atoms with Crippen LogP contribution in [0.3, 0.4) is 0 Å². The smallest absolute Gasteiger partial charge is 0.317 e. The predicted molar refractivity (Wildman–Crippen MR) is 133 cm³/mol. The molecule has 1 heterocycles. The second kappa shape index (κ2) is 11.2. The van der Waals surface area contributed by atoms with Gasteiger partial charge < -0.3 is 15.0 Å². The van der Waals surface area contributed by atoms with Gasteiger partial charge in [0.25, 0.3) is 0 Å². The first-order valence-electron chi connectivity index (χ1n) is 11.3. The zero-order valence-corrected chi connectivity index (χ0v) is 19.7. The third-order valence-electron chi connectivity index (χ3n) is 6.12. The first-order chi connectivity index (χ1) is 16.1. The molecule has 1 fully saturated rings. The molecule has 33 heavy (non-hydrogen) atoms. The summed E-state index contributed by atoms with van der Waals surface area (Å²) in [5.41, 5.74) is 3.63. The molecule has 3 aromatic rings. The lowest BCUT2D eigenvalue weighted by atomic mass is 9.96. The molecule has 0 spiro atoms. The molecule has 1 aliphatic heterocycles. The maximum atomic E-state index is 12.7. The molecule has 0 bridgehead atoms. The van der Waals surface area contributed by atoms with Crippen LogP contribution >= 0.6 is 11.6 Å². The molecule has 2 amide bonds. The summed E-state index contributed by atoms with van der Waals surface area (Å²) in [6, 6.07) is 26.7. The second-order valence-corrected chi connectivity index (χ2v) is 8.65. The Morgan fingerprint density at radius 2 is 1.55 bits per heavy atom. The van der Waals surface area contributed by atoms with E-state index in [2.05, 4.69) is 46.6 Å². The number of piperazine rings is 1. The number of amides is 2. The van der Waals surface area contributed by atoms with Gasteiger partial charge in [-0.05, 0) is 47.4 Å². The summed E-state index contributed by atoms with van der Waals surface area (Å²) in [5, 5.41) is 3.80. The number of ether oxygens (including phenoxy) is 1. The maximum absolute atomic E-state index is 12.7. The van der Waals surface area contributed by atoms with E-state index in [0.29, 0.717) is 19.6 Å². The molecule has 1 atom stereocenters. The molecular formula is C27H30ClN3O2. The first-order valence-corrected chi connectivity index (χ1v) is 11.7. The Bertz CT molecular complexity index is 1020. The molecule has 1 saturated heterocycles. The summed E-state index contributed by atoms with van der Waals surface area (Å²) in [6.45, 7) is 3.64. The van der Waals surface area contributed by atoms with E-state index in [4.69, 9.17) is 16.3 Å². The Kier molecular flexibility index (Phi) is 7.87. The van der Waals surface area contributed by atoms with Crippen LogP contribution in [0, 0.1) is 0 Å². The fraction of sp³-hybridized carbons (Fsp3) is 0.296. The molecule has 5 nitrogen and oxygen atoms in total. The molecule has 0 saturated carbocycles. The standard InChI is InChI=1S/C27H30ClN3O2/c1-33-25-13-7-21(8-14-25)15-16-29-27(32)31-19-17-30(18-20-31)26(22-5-3-2-4-6-22)23-9-11-24(28)12-10-23/h2-14,26H,15-20H2,1H3,(H,29,32)/t26-/m1/s1. The number of urea groups is 1. The third kappa shape index (κ3) is 6.06. The van der Waals surface area contributed by atoms with Gasteiger partial charge in [-0.1, -0.05) is 66.2 Å². The monoisotopic (exact) mass is 463 g/mol. The van der Waals surface area contributed by atoms with Crippen molar-refractivity contribution < 1.29 is 9.53 Å². The number of carbonyl (C=O) groups is 1. The summed E-state index contributed by atoms with van der Waals surface area (Å²) in [4.78, 5) is 17.1. The lowest BCUT2D eigenvalue weighted by Crippen LogP contribution is -2.52. The van der Waals surface area contributed by atoms with Crippen molar-refractivity contribution in [1.29, 1.82) is 0 Å². The summed E-state index contributed by atoms with van der Waals surface area (Å²) in [6.07, 6.45) is 0.794. The summed E-state index contributed by atoms with van der Waals surface area (Å²) in [5.74, 6) is 0.841. The lowest BCUT2D eigenvalue weighted by molar-refractivity contribution is 0.120. The van der Waals surface area contributed by atoms with Crippen molar-refractivity contribution in [1.82, 2.24) is 15.1 Å². The highest BCUT2D eigenvalue weighted by atomic mass is 35.5. The summed E-state index contributed by atoms with van der Waals surface area (Å²) < 4.78 is 5.19. The van der Waals surface area contributed by atoms with Crippen molar-refractivity contribution >= 4 is 17.6 Å². The molecule has 0 aromatic heterocycles. The number of carbonyl (C=O) groups excluding carboxylic acids is 1. The van der Waals surface area contributed by atoms with E-state index in [1.165, 1.54) is 16.7 Å². The predicted octanol–water partition coefficient (Wildman–Crippen LogP) is 5.01. The zero-order chi connectivity index (χ0) is 23.0. The Balaban J connectivity index is 1.33. The third-order valence-corrected chi connectivity index (χ3v) is 6.37. The maximum Gasteiger partial charge on any atom is 0.317 e. The van der Waals surface area contributed by atoms with Gasteiger partial charge in [0.05, 0.1) is 13.2 Å². The van der Waals surface area contributed by atoms with Crippen molar-refractivity contribution in [2.45, 2.75) is 12.5 Å². The van der Waals surface area contributed by atoms with E-state index in [1.807, 2.05) is 47.4 Å². The average Bonchev–Trinajstić information content (AvgIpc) is 2.87. The van der Waals surface area contributed by atoms with Crippen LogP contribution in [0.2, 0.25) is 5.02 Å². The number of methoxy groups -OCH3 is 1. The second-order valence-electron chi connectivity index (χ2n) is 8.22. The number of benzene rings is 3. The highest BCUT2D eigenvalue weighted by molar-refractivity contribution is 6.30. The molecule has 4 rings (SSSR count). The van der Waals surface area contributed by atoms with E-state index in [0.717, 1.165) is 30.3 Å². The molecule has 1 aliphatic rings. The fourth-order valence-electron chi connectivity index (χ4n) is 4.30. The van der Waals surface area contributed by atoms with Crippen LogP contribution in [0.4, 0.5) is 4.79 Å². The molecule has 3 aromatic carbocycles. The Labute approximate surface area is 200 Å². The minimum absolute atomic E-state index is 0.00548. The molecule has 0 radical (unpaired) electrons. The number of nitrogens with zero attached hydrogens (tertiary/aromatic N) is 2. The lowest BCUT2D eigenvalue weighted by Gasteiger charge is -2.39. The normalized spacial score (nSPS) is 15.2. The highest BCUT2D eigenvalue weighted by Gasteiger charge is 2.28. The first kappa shape index (κ1) is 23.1. The van der Waals surface area contributed by atoms with Gasteiger partial charge in [-0.3, -0.25) is 4.90 Å². The van der Waals surface area contributed by atoms with Crippen molar-refractivity contribution in [3.8, 4) is 5.75 Å². The van der Waals surface area contributed by atoms with Gasteiger partial charge >= 0.3 is 6.03 Å². The van der Waals surface area contributed by atoms with Crippen LogP contribution in [0.25, 0.3) is 0 Å². The minimum atomic E-state index is 0.00548. The van der Waals surface area contributed by atoms with Crippen LogP contribution in [-0.4, -0.2) is 55.7 Å². The fourth-order valence-corrected chi connectivity index (χ4v) is 4.42. The summed E-state index contributed by atoms with van der Waals surface area (Å²) >= 11 is 6.13. The van der Waals surface area contributed by atoms with Crippen LogP contribution < -0.4 is 10.1 Å². The molecule has 1 N–H and O–H groups in total.